The van der Waals surface area contributed by atoms with Gasteiger partial charge in [-0.2, -0.15) is 0 Å². The summed E-state index contributed by atoms with van der Waals surface area (Å²) in [7, 11) is 0. The summed E-state index contributed by atoms with van der Waals surface area (Å²) in [6, 6.07) is 2.02. The van der Waals surface area contributed by atoms with Gasteiger partial charge in [0, 0.05) is 12.8 Å². The lowest BCUT2D eigenvalue weighted by atomic mass is 10.0. The lowest BCUT2D eigenvalue weighted by molar-refractivity contribution is 0.104. The number of nitrogens with two attached hydrogens (primary N) is 1. The Bertz CT molecular complexity index is 312. The van der Waals surface area contributed by atoms with Crippen LogP contribution in [0, 0.1) is 6.92 Å². The zero-order chi connectivity index (χ0) is 10.7. The topological polar surface area (TPSA) is 48.1 Å². The highest BCUT2D eigenvalue weighted by Gasteiger charge is 2.16. The molecule has 1 aromatic rings. The van der Waals surface area contributed by atoms with Gasteiger partial charge in [0.2, 0.25) is 0 Å². The third kappa shape index (κ3) is 2.48. The number of anilines is 1. The largest absolute Gasteiger partial charge is 0.383 e. The molecule has 1 atom stereocenters. The number of nitrogens with zero attached hydrogens (tertiary/aromatic N) is 1. The van der Waals surface area contributed by atoms with E-state index in [4.69, 9.17) is 10.5 Å². The van der Waals surface area contributed by atoms with Gasteiger partial charge in [0.05, 0.1) is 6.10 Å². The van der Waals surface area contributed by atoms with Crippen LogP contribution in [0.4, 0.5) is 5.82 Å². The van der Waals surface area contributed by atoms with Crippen molar-refractivity contribution in [2.45, 2.75) is 38.7 Å². The molecule has 0 spiro atoms. The molecule has 1 saturated heterocycles. The average molecular weight is 206 g/mol. The van der Waals surface area contributed by atoms with Crippen molar-refractivity contribution < 1.29 is 4.74 Å². The second-order valence-electron chi connectivity index (χ2n) is 4.17. The average Bonchev–Trinajstić information content (AvgIpc) is 2.70. The summed E-state index contributed by atoms with van der Waals surface area (Å²) >= 11 is 0. The minimum Gasteiger partial charge on any atom is -0.383 e. The molecular weight excluding hydrogens is 188 g/mol. The number of rotatable bonds is 3. The molecule has 3 heteroatoms. The second-order valence-corrected chi connectivity index (χ2v) is 4.17. The van der Waals surface area contributed by atoms with Gasteiger partial charge in [-0.1, -0.05) is 0 Å². The van der Waals surface area contributed by atoms with Crippen LogP contribution in [-0.2, 0) is 11.2 Å². The number of aromatic nitrogens is 1. The van der Waals surface area contributed by atoms with Crippen molar-refractivity contribution in [1.82, 2.24) is 4.98 Å². The van der Waals surface area contributed by atoms with Crippen LogP contribution in [0.1, 0.15) is 30.4 Å². The van der Waals surface area contributed by atoms with Gasteiger partial charge < -0.3 is 10.5 Å². The van der Waals surface area contributed by atoms with Crippen molar-refractivity contribution in [2.75, 3.05) is 12.3 Å². The van der Waals surface area contributed by atoms with Crippen molar-refractivity contribution >= 4 is 5.82 Å². The maximum Gasteiger partial charge on any atom is 0.126 e. The Morgan fingerprint density at radius 1 is 1.60 bits per heavy atom. The van der Waals surface area contributed by atoms with E-state index < -0.39 is 0 Å². The number of hydrogen-bond acceptors (Lipinski definition) is 3. The van der Waals surface area contributed by atoms with E-state index in [1.807, 2.05) is 6.07 Å². The van der Waals surface area contributed by atoms with Crippen LogP contribution in [-0.4, -0.2) is 17.7 Å². The molecule has 1 fully saturated rings. The van der Waals surface area contributed by atoms with Crippen LogP contribution in [0.2, 0.25) is 0 Å². The highest BCUT2D eigenvalue weighted by molar-refractivity contribution is 5.43. The molecule has 2 N–H and O–H groups in total. The molecule has 0 radical (unpaired) electrons. The van der Waals surface area contributed by atoms with Crippen LogP contribution in [0.25, 0.3) is 0 Å². The lowest BCUT2D eigenvalue weighted by Crippen LogP contribution is -2.08. The van der Waals surface area contributed by atoms with Gasteiger partial charge in [0.25, 0.3) is 0 Å². The van der Waals surface area contributed by atoms with E-state index in [1.54, 1.807) is 6.20 Å². The van der Waals surface area contributed by atoms with E-state index in [9.17, 15) is 0 Å². The fourth-order valence-corrected chi connectivity index (χ4v) is 2.11. The number of pyridine rings is 1. The molecule has 0 aromatic carbocycles. The summed E-state index contributed by atoms with van der Waals surface area (Å²) in [4.78, 5) is 4.12. The fraction of sp³-hybridized carbons (Fsp3) is 0.583. The van der Waals surface area contributed by atoms with E-state index in [1.165, 1.54) is 24.0 Å². The number of nitrogen functional groups attached to an aromatic ring is 1. The first-order valence-corrected chi connectivity index (χ1v) is 5.59. The molecule has 3 nitrogen and oxygen atoms in total. The summed E-state index contributed by atoms with van der Waals surface area (Å²) in [5.41, 5.74) is 8.28. The molecule has 0 amide bonds. The SMILES string of the molecule is Cc1ccnc(N)c1CCC1CCCO1. The highest BCUT2D eigenvalue weighted by Crippen LogP contribution is 2.21. The van der Waals surface area contributed by atoms with Crippen molar-refractivity contribution in [3.8, 4) is 0 Å². The molecule has 0 bridgehead atoms. The summed E-state index contributed by atoms with van der Waals surface area (Å²) in [6.45, 7) is 3.01. The molecule has 1 unspecified atom stereocenters. The standard InChI is InChI=1S/C12H18N2O/c1-9-6-7-14-12(13)11(9)5-4-10-3-2-8-15-10/h6-7,10H,2-5,8H2,1H3,(H2,13,14). The normalized spacial score (nSPS) is 20.7. The molecule has 0 saturated carbocycles. The Hall–Kier alpha value is -1.09. The summed E-state index contributed by atoms with van der Waals surface area (Å²) in [6.07, 6.45) is 6.64. The predicted molar refractivity (Wildman–Crippen MR) is 60.7 cm³/mol. The van der Waals surface area contributed by atoms with Crippen molar-refractivity contribution in [1.29, 1.82) is 0 Å². The lowest BCUT2D eigenvalue weighted by Gasteiger charge is -2.11. The molecular formula is C12H18N2O. The Morgan fingerprint density at radius 2 is 2.47 bits per heavy atom. The van der Waals surface area contributed by atoms with Crippen LogP contribution in [0.15, 0.2) is 12.3 Å². The summed E-state index contributed by atoms with van der Waals surface area (Å²) in [5, 5.41) is 0. The van der Waals surface area contributed by atoms with Gasteiger partial charge in [-0.25, -0.2) is 4.98 Å². The number of ether oxygens (including phenoxy) is 1. The first kappa shape index (κ1) is 10.4. The van der Waals surface area contributed by atoms with Crippen LogP contribution >= 0.6 is 0 Å². The minimum atomic E-state index is 0.434. The first-order valence-electron chi connectivity index (χ1n) is 5.59. The maximum atomic E-state index is 5.85. The van der Waals surface area contributed by atoms with Gasteiger partial charge in [0.15, 0.2) is 0 Å². The molecule has 15 heavy (non-hydrogen) atoms. The second kappa shape index (κ2) is 4.62. The van der Waals surface area contributed by atoms with Crippen LogP contribution < -0.4 is 5.73 Å². The van der Waals surface area contributed by atoms with E-state index in [2.05, 4.69) is 11.9 Å². The predicted octanol–water partition coefficient (Wildman–Crippen LogP) is 2.08. The summed E-state index contributed by atoms with van der Waals surface area (Å²) in [5.74, 6) is 0.674. The molecule has 1 aromatic heterocycles. The minimum absolute atomic E-state index is 0.434. The zero-order valence-electron chi connectivity index (χ0n) is 9.20. The molecule has 82 valence electrons. The third-order valence-electron chi connectivity index (χ3n) is 3.06. The van der Waals surface area contributed by atoms with E-state index >= 15 is 0 Å². The van der Waals surface area contributed by atoms with Crippen molar-refractivity contribution in [2.24, 2.45) is 0 Å². The third-order valence-corrected chi connectivity index (χ3v) is 3.06. The van der Waals surface area contributed by atoms with Gasteiger partial charge in [-0.3, -0.25) is 0 Å². The Labute approximate surface area is 90.7 Å². The molecule has 0 aliphatic carbocycles. The first-order chi connectivity index (χ1) is 7.27. The van der Waals surface area contributed by atoms with Crippen LogP contribution in [0.5, 0.6) is 0 Å². The highest BCUT2D eigenvalue weighted by atomic mass is 16.5. The van der Waals surface area contributed by atoms with Crippen molar-refractivity contribution in [3.05, 3.63) is 23.4 Å². The monoisotopic (exact) mass is 206 g/mol. The molecule has 1 aliphatic rings. The van der Waals surface area contributed by atoms with Gasteiger partial charge in [-0.05, 0) is 49.8 Å². The quantitative estimate of drug-likeness (QED) is 0.823. The smallest absolute Gasteiger partial charge is 0.126 e. The van der Waals surface area contributed by atoms with Crippen molar-refractivity contribution in [3.63, 3.8) is 0 Å². The maximum absolute atomic E-state index is 5.85. The van der Waals surface area contributed by atoms with E-state index in [0.29, 0.717) is 11.9 Å². The summed E-state index contributed by atoms with van der Waals surface area (Å²) < 4.78 is 5.59. The Kier molecular flexibility index (Phi) is 3.21. The van der Waals surface area contributed by atoms with E-state index in [-0.39, 0.29) is 0 Å². The van der Waals surface area contributed by atoms with Gasteiger partial charge in [0.1, 0.15) is 5.82 Å². The molecule has 2 rings (SSSR count). The zero-order valence-corrected chi connectivity index (χ0v) is 9.20. The number of hydrogen-bond donors (Lipinski definition) is 1. The number of aryl methyl sites for hydroxylation is 1. The van der Waals surface area contributed by atoms with Crippen LogP contribution in [0.3, 0.4) is 0 Å². The fourth-order valence-electron chi connectivity index (χ4n) is 2.11. The van der Waals surface area contributed by atoms with Gasteiger partial charge in [-0.15, -0.1) is 0 Å². The molecule has 1 aliphatic heterocycles. The Morgan fingerprint density at radius 3 is 3.13 bits per heavy atom. The van der Waals surface area contributed by atoms with E-state index in [0.717, 1.165) is 19.4 Å². The molecule has 2 heterocycles. The van der Waals surface area contributed by atoms with Gasteiger partial charge >= 0.3 is 0 Å². The Balaban J connectivity index is 1.97.